The summed E-state index contributed by atoms with van der Waals surface area (Å²) in [7, 11) is 1.93. The molecule has 1 fully saturated rings. The van der Waals surface area contributed by atoms with E-state index in [0.29, 0.717) is 19.4 Å². The largest absolute Gasteiger partial charge is 0.354 e. The van der Waals surface area contributed by atoms with Gasteiger partial charge in [0.25, 0.3) is 0 Å². The minimum atomic E-state index is 0.0990. The highest BCUT2D eigenvalue weighted by atomic mass is 16.1. The van der Waals surface area contributed by atoms with Gasteiger partial charge < -0.3 is 5.32 Å². The number of hydrogen-bond acceptors (Lipinski definition) is 4. The van der Waals surface area contributed by atoms with Crippen LogP contribution in [0.1, 0.15) is 53.4 Å². The second-order valence-corrected chi connectivity index (χ2v) is 8.68. The molecular weight excluding hydrogens is 386 g/mol. The maximum absolute atomic E-state index is 12.8. The predicted octanol–water partition coefficient (Wildman–Crippen LogP) is 3.78. The summed E-state index contributed by atoms with van der Waals surface area (Å²) in [6.07, 6.45) is 3.63. The molecule has 1 aromatic carbocycles. The number of aromatic nitrogens is 3. The number of pyridine rings is 1. The first kappa shape index (κ1) is 21.5. The third kappa shape index (κ3) is 4.49. The van der Waals surface area contributed by atoms with Crippen LogP contribution >= 0.6 is 0 Å². The lowest BCUT2D eigenvalue weighted by Crippen LogP contribution is -2.36. The van der Waals surface area contributed by atoms with E-state index >= 15 is 0 Å². The highest BCUT2D eigenvalue weighted by Crippen LogP contribution is 2.27. The number of benzene rings is 1. The molecule has 164 valence electrons. The van der Waals surface area contributed by atoms with Gasteiger partial charge in [0, 0.05) is 31.1 Å². The van der Waals surface area contributed by atoms with Crippen molar-refractivity contribution in [3.05, 3.63) is 58.4 Å². The first-order valence-corrected chi connectivity index (χ1v) is 11.3. The topological polar surface area (TPSA) is 63.1 Å². The van der Waals surface area contributed by atoms with Gasteiger partial charge in [-0.3, -0.25) is 14.4 Å². The summed E-state index contributed by atoms with van der Waals surface area (Å²) in [6.45, 7) is 9.03. The molecule has 0 radical (unpaired) electrons. The van der Waals surface area contributed by atoms with Crippen LogP contribution in [0.5, 0.6) is 0 Å². The molecule has 1 unspecified atom stereocenters. The van der Waals surface area contributed by atoms with Crippen molar-refractivity contribution < 1.29 is 4.79 Å². The van der Waals surface area contributed by atoms with Gasteiger partial charge in [-0.15, -0.1) is 0 Å². The summed E-state index contributed by atoms with van der Waals surface area (Å²) in [6, 6.07) is 10.8. The van der Waals surface area contributed by atoms with Crippen LogP contribution in [0.2, 0.25) is 0 Å². The first-order valence-electron chi connectivity index (χ1n) is 11.3. The number of nitrogens with zero attached hydrogens (tertiary/aromatic N) is 4. The van der Waals surface area contributed by atoms with Crippen molar-refractivity contribution in [3.63, 3.8) is 0 Å². The maximum Gasteiger partial charge on any atom is 0.220 e. The summed E-state index contributed by atoms with van der Waals surface area (Å²) in [4.78, 5) is 20.0. The fourth-order valence-corrected chi connectivity index (χ4v) is 4.95. The Kier molecular flexibility index (Phi) is 6.37. The molecule has 3 heterocycles. The third-order valence-electron chi connectivity index (χ3n) is 6.59. The minimum Gasteiger partial charge on any atom is -0.354 e. The average molecular weight is 420 g/mol. The molecule has 6 nitrogen and oxygen atoms in total. The highest BCUT2D eigenvalue weighted by Gasteiger charge is 2.24. The Labute approximate surface area is 184 Å². The minimum absolute atomic E-state index is 0.0990. The lowest BCUT2D eigenvalue weighted by atomic mass is 9.99. The monoisotopic (exact) mass is 419 g/mol. The van der Waals surface area contributed by atoms with E-state index in [-0.39, 0.29) is 11.9 Å². The molecule has 1 saturated heterocycles. The van der Waals surface area contributed by atoms with Gasteiger partial charge in [-0.25, -0.2) is 4.98 Å². The number of rotatable bonds is 7. The Morgan fingerprint density at radius 1 is 1.10 bits per heavy atom. The van der Waals surface area contributed by atoms with Crippen molar-refractivity contribution in [2.45, 2.75) is 52.5 Å². The predicted molar refractivity (Wildman–Crippen MR) is 124 cm³/mol. The van der Waals surface area contributed by atoms with Gasteiger partial charge in [0.15, 0.2) is 5.65 Å². The van der Waals surface area contributed by atoms with Gasteiger partial charge >= 0.3 is 0 Å². The van der Waals surface area contributed by atoms with Crippen LogP contribution in [0.15, 0.2) is 30.3 Å². The van der Waals surface area contributed by atoms with Crippen molar-refractivity contribution in [2.24, 2.45) is 7.05 Å². The molecule has 0 bridgehead atoms. The van der Waals surface area contributed by atoms with Crippen molar-refractivity contribution in [1.29, 1.82) is 0 Å². The van der Waals surface area contributed by atoms with Crippen LogP contribution in [-0.2, 0) is 18.3 Å². The SMILES string of the molecule is Cc1nc2c(c(C)nn2C)c(C)c1CCC(=O)NCC(c1ccccc1)N1CCCC1. The number of hydrogen-bond donors (Lipinski definition) is 1. The van der Waals surface area contributed by atoms with Crippen molar-refractivity contribution >= 4 is 16.9 Å². The second-order valence-electron chi connectivity index (χ2n) is 8.68. The highest BCUT2D eigenvalue weighted by molar-refractivity contribution is 5.84. The molecule has 1 amide bonds. The lowest BCUT2D eigenvalue weighted by Gasteiger charge is -2.28. The standard InChI is InChI=1S/C25H33N5O/c1-17-21(18(2)27-25-24(17)19(3)28-29(25)4)12-13-23(31)26-16-22(30-14-8-9-15-30)20-10-6-5-7-11-20/h5-7,10-11,22H,8-9,12-16H2,1-4H3,(H,26,31). The van der Waals surface area contributed by atoms with Gasteiger partial charge in [-0.1, -0.05) is 30.3 Å². The molecule has 6 heteroatoms. The number of likely N-dealkylation sites (tertiary alicyclic amines) is 1. The fourth-order valence-electron chi connectivity index (χ4n) is 4.95. The molecule has 0 saturated carbocycles. The Morgan fingerprint density at radius 2 is 1.81 bits per heavy atom. The number of amides is 1. The lowest BCUT2D eigenvalue weighted by molar-refractivity contribution is -0.121. The number of carbonyl (C=O) groups is 1. The molecule has 31 heavy (non-hydrogen) atoms. The zero-order valence-electron chi connectivity index (χ0n) is 19.1. The van der Waals surface area contributed by atoms with E-state index in [1.54, 1.807) is 0 Å². The van der Waals surface area contributed by atoms with E-state index < -0.39 is 0 Å². The Balaban J connectivity index is 1.42. The van der Waals surface area contributed by atoms with Crippen LogP contribution in [0, 0.1) is 20.8 Å². The van der Waals surface area contributed by atoms with Crippen molar-refractivity contribution in [3.8, 4) is 0 Å². The average Bonchev–Trinajstić information content (AvgIpc) is 3.37. The van der Waals surface area contributed by atoms with Gasteiger partial charge in [0.1, 0.15) is 0 Å². The van der Waals surface area contributed by atoms with Crippen LogP contribution < -0.4 is 5.32 Å². The Bertz CT molecular complexity index is 1070. The van der Waals surface area contributed by atoms with E-state index in [4.69, 9.17) is 4.98 Å². The van der Waals surface area contributed by atoms with Gasteiger partial charge in [-0.2, -0.15) is 5.10 Å². The zero-order valence-corrected chi connectivity index (χ0v) is 19.1. The third-order valence-corrected chi connectivity index (χ3v) is 6.59. The maximum atomic E-state index is 12.8. The summed E-state index contributed by atoms with van der Waals surface area (Å²) in [5, 5.41) is 8.83. The van der Waals surface area contributed by atoms with E-state index in [1.807, 2.05) is 31.6 Å². The van der Waals surface area contributed by atoms with Crippen LogP contribution in [-0.4, -0.2) is 45.2 Å². The molecule has 2 aromatic heterocycles. The van der Waals surface area contributed by atoms with E-state index in [9.17, 15) is 4.79 Å². The van der Waals surface area contributed by atoms with Crippen molar-refractivity contribution in [2.75, 3.05) is 19.6 Å². The Hall–Kier alpha value is -2.73. The number of carbonyl (C=O) groups excluding carboxylic acids is 1. The first-order chi connectivity index (χ1) is 15.0. The van der Waals surface area contributed by atoms with E-state index in [2.05, 4.69) is 46.5 Å². The fraction of sp³-hybridized carbons (Fsp3) is 0.480. The van der Waals surface area contributed by atoms with E-state index in [1.165, 1.54) is 24.0 Å². The summed E-state index contributed by atoms with van der Waals surface area (Å²) in [5.74, 6) is 0.0990. The molecule has 1 atom stereocenters. The molecule has 0 spiro atoms. The van der Waals surface area contributed by atoms with Gasteiger partial charge in [0.2, 0.25) is 5.91 Å². The normalized spacial score (nSPS) is 15.5. The molecule has 3 aromatic rings. The van der Waals surface area contributed by atoms with Crippen LogP contribution in [0.25, 0.3) is 11.0 Å². The van der Waals surface area contributed by atoms with Crippen LogP contribution in [0.4, 0.5) is 0 Å². The smallest absolute Gasteiger partial charge is 0.220 e. The molecule has 1 aliphatic heterocycles. The number of nitrogens with one attached hydrogen (secondary N) is 1. The molecule has 1 aliphatic rings. The summed E-state index contributed by atoms with van der Waals surface area (Å²) in [5.41, 5.74) is 6.53. The van der Waals surface area contributed by atoms with Crippen LogP contribution in [0.3, 0.4) is 0 Å². The van der Waals surface area contributed by atoms with Gasteiger partial charge in [-0.05, 0) is 69.8 Å². The molecule has 0 aliphatic carbocycles. The zero-order chi connectivity index (χ0) is 22.0. The van der Waals surface area contributed by atoms with E-state index in [0.717, 1.165) is 41.1 Å². The second kappa shape index (κ2) is 9.18. The molecular formula is C25H33N5O. The van der Waals surface area contributed by atoms with Gasteiger partial charge in [0.05, 0.1) is 11.7 Å². The number of aryl methyl sites for hydroxylation is 4. The van der Waals surface area contributed by atoms with Crippen molar-refractivity contribution in [1.82, 2.24) is 25.0 Å². The Morgan fingerprint density at radius 3 is 2.52 bits per heavy atom. The summed E-state index contributed by atoms with van der Waals surface area (Å²) >= 11 is 0. The molecule has 4 rings (SSSR count). The molecule has 1 N–H and O–H groups in total. The number of fused-ring (bicyclic) bond motifs is 1. The summed E-state index contributed by atoms with van der Waals surface area (Å²) < 4.78 is 1.84. The quantitative estimate of drug-likeness (QED) is 0.633.